The molecule has 0 atom stereocenters. The number of ether oxygens (including phenoxy) is 1. The number of carbonyl (C=O) groups is 1. The fourth-order valence-corrected chi connectivity index (χ4v) is 1.16. The molecule has 2 N–H and O–H groups in total. The molecule has 2 rings (SSSR count). The van der Waals surface area contributed by atoms with Gasteiger partial charge in [-0.15, -0.1) is 0 Å². The molecule has 0 saturated heterocycles. The maximum atomic E-state index is 10.5. The van der Waals surface area contributed by atoms with Crippen LogP contribution in [0.25, 0.3) is 0 Å². The Bertz CT molecular complexity index is 539. The number of phenols is 1. The van der Waals surface area contributed by atoms with Crippen LogP contribution in [-0.2, 0) is 0 Å². The molecule has 0 unspecified atom stereocenters. The molecule has 86 valence electrons. The van der Waals surface area contributed by atoms with E-state index in [1.54, 1.807) is 12.1 Å². The van der Waals surface area contributed by atoms with Crippen LogP contribution >= 0.6 is 0 Å². The molecule has 0 bridgehead atoms. The van der Waals surface area contributed by atoms with Crippen molar-refractivity contribution in [1.29, 1.82) is 0 Å². The normalized spacial score (nSPS) is 9.88. The number of aromatic hydroxyl groups is 1. The lowest BCUT2D eigenvalue weighted by Gasteiger charge is -2.04. The smallest absolute Gasteiger partial charge is 0.373 e. The summed E-state index contributed by atoms with van der Waals surface area (Å²) in [4.78, 5) is 17.7. The number of hydrogen-bond donors (Lipinski definition) is 2. The molecule has 1 aromatic heterocycles. The molecule has 1 heterocycles. The van der Waals surface area contributed by atoms with E-state index in [9.17, 15) is 9.90 Å². The third kappa shape index (κ3) is 2.69. The Morgan fingerprint density at radius 2 is 1.88 bits per heavy atom. The zero-order valence-corrected chi connectivity index (χ0v) is 8.57. The Morgan fingerprint density at radius 3 is 2.47 bits per heavy atom. The van der Waals surface area contributed by atoms with E-state index >= 15 is 0 Å². The van der Waals surface area contributed by atoms with Crippen LogP contribution in [-0.4, -0.2) is 26.2 Å². The summed E-state index contributed by atoms with van der Waals surface area (Å²) in [6, 6.07) is 6.20. The predicted molar refractivity (Wildman–Crippen MR) is 57.2 cm³/mol. The maximum absolute atomic E-state index is 10.5. The standard InChI is InChI=1S/C11H8N2O4/c14-7-2-1-3-8(4-7)17-9-5-12-10(11(15)16)13-6-9/h1-6,14H,(H,15,16). The van der Waals surface area contributed by atoms with Crippen molar-refractivity contribution in [2.45, 2.75) is 0 Å². The highest BCUT2D eigenvalue weighted by Gasteiger charge is 2.06. The van der Waals surface area contributed by atoms with Crippen molar-refractivity contribution in [3.05, 3.63) is 42.5 Å². The molecule has 0 amide bonds. The molecule has 1 aromatic carbocycles. The molecule has 2 aromatic rings. The molecule has 0 saturated carbocycles. The SMILES string of the molecule is O=C(O)c1ncc(Oc2cccc(O)c2)cn1. The van der Waals surface area contributed by atoms with Crippen molar-refractivity contribution < 1.29 is 19.7 Å². The monoisotopic (exact) mass is 232 g/mol. The zero-order valence-electron chi connectivity index (χ0n) is 8.57. The Labute approximate surface area is 96.2 Å². The first kappa shape index (κ1) is 10.9. The van der Waals surface area contributed by atoms with E-state index in [0.717, 1.165) is 0 Å². The molecule has 6 heteroatoms. The van der Waals surface area contributed by atoms with Crippen LogP contribution < -0.4 is 4.74 Å². The molecule has 0 aliphatic carbocycles. The second-order valence-corrected chi connectivity index (χ2v) is 3.15. The minimum atomic E-state index is -1.20. The molecular formula is C11H8N2O4. The number of benzene rings is 1. The van der Waals surface area contributed by atoms with Gasteiger partial charge < -0.3 is 14.9 Å². The van der Waals surface area contributed by atoms with Crippen LogP contribution in [0.15, 0.2) is 36.7 Å². The average molecular weight is 232 g/mol. The summed E-state index contributed by atoms with van der Waals surface area (Å²) in [6.07, 6.45) is 2.50. The van der Waals surface area contributed by atoms with E-state index in [1.165, 1.54) is 24.5 Å². The van der Waals surface area contributed by atoms with Crippen molar-refractivity contribution in [2.75, 3.05) is 0 Å². The van der Waals surface area contributed by atoms with Crippen LogP contribution in [0.1, 0.15) is 10.6 Å². The highest BCUT2D eigenvalue weighted by molar-refractivity contribution is 5.82. The summed E-state index contributed by atoms with van der Waals surface area (Å²) in [5, 5.41) is 17.8. The van der Waals surface area contributed by atoms with Gasteiger partial charge in [-0.25, -0.2) is 14.8 Å². The number of nitrogens with zero attached hydrogens (tertiary/aromatic N) is 2. The fraction of sp³-hybridized carbons (Fsp3) is 0. The van der Waals surface area contributed by atoms with Crippen molar-refractivity contribution in [1.82, 2.24) is 9.97 Å². The summed E-state index contributed by atoms with van der Waals surface area (Å²) in [6.45, 7) is 0. The largest absolute Gasteiger partial charge is 0.508 e. The number of aromatic nitrogens is 2. The first-order valence-electron chi connectivity index (χ1n) is 4.67. The van der Waals surface area contributed by atoms with Gasteiger partial charge in [-0.1, -0.05) is 6.07 Å². The van der Waals surface area contributed by atoms with E-state index in [1.807, 2.05) is 0 Å². The van der Waals surface area contributed by atoms with Crippen molar-refractivity contribution >= 4 is 5.97 Å². The Morgan fingerprint density at radius 1 is 1.18 bits per heavy atom. The number of phenolic OH excluding ortho intramolecular Hbond substituents is 1. The summed E-state index contributed by atoms with van der Waals surface area (Å²) in [5.74, 6) is -0.718. The fourth-order valence-electron chi connectivity index (χ4n) is 1.16. The number of aromatic carboxylic acids is 1. The van der Waals surface area contributed by atoms with Crippen molar-refractivity contribution in [2.24, 2.45) is 0 Å². The molecule has 0 radical (unpaired) electrons. The van der Waals surface area contributed by atoms with Gasteiger partial charge in [-0.05, 0) is 12.1 Å². The van der Waals surface area contributed by atoms with Gasteiger partial charge in [0, 0.05) is 6.07 Å². The maximum Gasteiger partial charge on any atom is 0.373 e. The van der Waals surface area contributed by atoms with Gasteiger partial charge >= 0.3 is 5.97 Å². The van der Waals surface area contributed by atoms with E-state index in [4.69, 9.17) is 9.84 Å². The lowest BCUT2D eigenvalue weighted by Crippen LogP contribution is -2.03. The van der Waals surface area contributed by atoms with Crippen LogP contribution in [0, 0.1) is 0 Å². The third-order valence-electron chi connectivity index (χ3n) is 1.87. The highest BCUT2D eigenvalue weighted by atomic mass is 16.5. The first-order valence-corrected chi connectivity index (χ1v) is 4.67. The molecule has 17 heavy (non-hydrogen) atoms. The van der Waals surface area contributed by atoms with Gasteiger partial charge in [-0.2, -0.15) is 0 Å². The van der Waals surface area contributed by atoms with Crippen LogP contribution in [0.4, 0.5) is 0 Å². The van der Waals surface area contributed by atoms with E-state index in [-0.39, 0.29) is 11.6 Å². The minimum absolute atomic E-state index is 0.0746. The lowest BCUT2D eigenvalue weighted by molar-refractivity contribution is 0.0683. The Kier molecular flexibility index (Phi) is 2.87. The quantitative estimate of drug-likeness (QED) is 0.836. The van der Waals surface area contributed by atoms with Gasteiger partial charge in [0.15, 0.2) is 5.75 Å². The second kappa shape index (κ2) is 4.48. The summed E-state index contributed by atoms with van der Waals surface area (Å²) < 4.78 is 5.32. The van der Waals surface area contributed by atoms with Crippen LogP contribution in [0.2, 0.25) is 0 Å². The molecule has 6 nitrogen and oxygen atoms in total. The van der Waals surface area contributed by atoms with Gasteiger partial charge in [0.2, 0.25) is 5.82 Å². The number of rotatable bonds is 3. The molecular weight excluding hydrogens is 224 g/mol. The summed E-state index contributed by atoms with van der Waals surface area (Å²) in [5.41, 5.74) is 0. The van der Waals surface area contributed by atoms with Gasteiger partial charge in [-0.3, -0.25) is 0 Å². The molecule has 0 aliphatic heterocycles. The average Bonchev–Trinajstić information content (AvgIpc) is 2.29. The van der Waals surface area contributed by atoms with E-state index in [2.05, 4.69) is 9.97 Å². The van der Waals surface area contributed by atoms with Crippen molar-refractivity contribution in [3.63, 3.8) is 0 Å². The summed E-state index contributed by atoms with van der Waals surface area (Å²) >= 11 is 0. The number of hydrogen-bond acceptors (Lipinski definition) is 5. The molecule has 0 aliphatic rings. The van der Waals surface area contributed by atoms with E-state index in [0.29, 0.717) is 11.5 Å². The lowest BCUT2D eigenvalue weighted by atomic mass is 10.3. The molecule has 0 spiro atoms. The third-order valence-corrected chi connectivity index (χ3v) is 1.87. The van der Waals surface area contributed by atoms with Gasteiger partial charge in [0.05, 0.1) is 12.4 Å². The Hall–Kier alpha value is -2.63. The number of carboxylic acids is 1. The second-order valence-electron chi connectivity index (χ2n) is 3.15. The van der Waals surface area contributed by atoms with Crippen molar-refractivity contribution in [3.8, 4) is 17.2 Å². The van der Waals surface area contributed by atoms with Crippen LogP contribution in [0.3, 0.4) is 0 Å². The van der Waals surface area contributed by atoms with Gasteiger partial charge in [0.25, 0.3) is 0 Å². The van der Waals surface area contributed by atoms with Gasteiger partial charge in [0.1, 0.15) is 11.5 Å². The number of carboxylic acid groups (broad SMARTS) is 1. The zero-order chi connectivity index (χ0) is 12.3. The van der Waals surface area contributed by atoms with E-state index < -0.39 is 5.97 Å². The minimum Gasteiger partial charge on any atom is -0.508 e. The highest BCUT2D eigenvalue weighted by Crippen LogP contribution is 2.23. The first-order chi connectivity index (χ1) is 8.15. The predicted octanol–water partition coefficient (Wildman–Crippen LogP) is 1.67. The Balaban J connectivity index is 2.16. The topological polar surface area (TPSA) is 92.5 Å². The molecule has 0 fully saturated rings. The van der Waals surface area contributed by atoms with Crippen LogP contribution in [0.5, 0.6) is 17.2 Å². The summed E-state index contributed by atoms with van der Waals surface area (Å²) in [7, 11) is 0.